The van der Waals surface area contributed by atoms with Crippen LogP contribution >= 0.6 is 0 Å². The maximum atomic E-state index is 10.4. The predicted molar refractivity (Wildman–Crippen MR) is 53.5 cm³/mol. The van der Waals surface area contributed by atoms with Gasteiger partial charge < -0.3 is 9.59 Å². The summed E-state index contributed by atoms with van der Waals surface area (Å²) in [5, 5.41) is 8.56. The molecule has 0 spiro atoms. The molecule has 3 nitrogen and oxygen atoms in total. The Morgan fingerprint density at radius 3 is 2.38 bits per heavy atom. The van der Waals surface area contributed by atoms with E-state index in [0.29, 0.717) is 12.0 Å². The van der Waals surface area contributed by atoms with Crippen molar-refractivity contribution >= 4 is 5.97 Å². The van der Waals surface area contributed by atoms with Crippen LogP contribution in [-0.4, -0.2) is 42.7 Å². The van der Waals surface area contributed by atoms with Crippen LogP contribution in [0.2, 0.25) is 0 Å². The smallest absolute Gasteiger partial charge is 0.330 e. The first-order valence-electron chi connectivity index (χ1n) is 4.62. The average molecular weight is 186 g/mol. The summed E-state index contributed by atoms with van der Waals surface area (Å²) in [5.41, 5.74) is 0.316. The number of hydrogen-bond acceptors (Lipinski definition) is 1. The molecule has 0 atom stereocenters. The van der Waals surface area contributed by atoms with E-state index in [-0.39, 0.29) is 0 Å². The van der Waals surface area contributed by atoms with Crippen LogP contribution in [-0.2, 0) is 4.79 Å². The van der Waals surface area contributed by atoms with Crippen molar-refractivity contribution in [2.45, 2.75) is 19.8 Å². The molecule has 0 aromatic carbocycles. The van der Waals surface area contributed by atoms with E-state index in [4.69, 9.17) is 5.11 Å². The highest BCUT2D eigenvalue weighted by molar-refractivity contribution is 5.85. The molecule has 0 heterocycles. The van der Waals surface area contributed by atoms with Crippen molar-refractivity contribution in [2.75, 3.05) is 27.2 Å². The lowest BCUT2D eigenvalue weighted by molar-refractivity contribution is -0.888. The van der Waals surface area contributed by atoms with Gasteiger partial charge in [-0.2, -0.15) is 0 Å². The Morgan fingerprint density at radius 2 is 2.00 bits per heavy atom. The van der Waals surface area contributed by atoms with Gasteiger partial charge in [0.05, 0.1) is 27.2 Å². The second-order valence-electron chi connectivity index (χ2n) is 3.99. The first-order chi connectivity index (χ1) is 5.89. The summed E-state index contributed by atoms with van der Waals surface area (Å²) >= 11 is 0. The lowest BCUT2D eigenvalue weighted by atomic mass is 10.1. The van der Waals surface area contributed by atoms with E-state index < -0.39 is 5.97 Å². The third-order valence-corrected chi connectivity index (χ3v) is 2.40. The standard InChI is InChI=1S/C10H19NO2/c1-5-11(3,4)8-6-7-9(2)10(12)13/h2,5-8H2,1,3-4H3/p+1. The van der Waals surface area contributed by atoms with E-state index in [2.05, 4.69) is 27.6 Å². The van der Waals surface area contributed by atoms with Crippen molar-refractivity contribution in [3.63, 3.8) is 0 Å². The SMILES string of the molecule is C=C(CCC[N+](C)(C)CC)C(=O)O. The van der Waals surface area contributed by atoms with Gasteiger partial charge in [-0.25, -0.2) is 4.79 Å². The minimum atomic E-state index is -0.873. The van der Waals surface area contributed by atoms with E-state index in [1.54, 1.807) is 0 Å². The van der Waals surface area contributed by atoms with Crippen LogP contribution in [0.1, 0.15) is 19.8 Å². The Hall–Kier alpha value is -0.830. The minimum Gasteiger partial charge on any atom is -0.478 e. The molecule has 0 unspecified atom stereocenters. The molecular formula is C10H20NO2+. The van der Waals surface area contributed by atoms with Crippen LogP contribution in [0.15, 0.2) is 12.2 Å². The Morgan fingerprint density at radius 1 is 1.46 bits per heavy atom. The van der Waals surface area contributed by atoms with Crippen LogP contribution in [0.5, 0.6) is 0 Å². The van der Waals surface area contributed by atoms with Gasteiger partial charge in [-0.1, -0.05) is 6.58 Å². The Bertz CT molecular complexity index is 197. The number of carbonyl (C=O) groups is 1. The van der Waals surface area contributed by atoms with Gasteiger partial charge in [-0.05, 0) is 13.3 Å². The maximum absolute atomic E-state index is 10.4. The summed E-state index contributed by atoms with van der Waals surface area (Å²) in [6.07, 6.45) is 1.49. The zero-order chi connectivity index (χ0) is 10.5. The molecule has 0 saturated heterocycles. The first kappa shape index (κ1) is 12.2. The minimum absolute atomic E-state index is 0.316. The Balaban J connectivity index is 3.68. The van der Waals surface area contributed by atoms with Gasteiger partial charge in [0.2, 0.25) is 0 Å². The van der Waals surface area contributed by atoms with E-state index in [0.717, 1.165) is 24.0 Å². The molecule has 1 N–H and O–H groups in total. The zero-order valence-electron chi connectivity index (χ0n) is 8.84. The van der Waals surface area contributed by atoms with E-state index >= 15 is 0 Å². The summed E-state index contributed by atoms with van der Waals surface area (Å²) in [6, 6.07) is 0. The molecule has 0 aromatic heterocycles. The number of hydrogen-bond donors (Lipinski definition) is 1. The fourth-order valence-electron chi connectivity index (χ4n) is 0.986. The van der Waals surface area contributed by atoms with Gasteiger partial charge in [-0.3, -0.25) is 0 Å². The molecule has 3 heteroatoms. The van der Waals surface area contributed by atoms with Crippen LogP contribution in [0, 0.1) is 0 Å². The molecule has 0 aliphatic heterocycles. The highest BCUT2D eigenvalue weighted by atomic mass is 16.4. The molecule has 0 aliphatic carbocycles. The predicted octanol–water partition coefficient (Wildman–Crippen LogP) is 1.50. The molecule has 76 valence electrons. The summed E-state index contributed by atoms with van der Waals surface area (Å²) in [6.45, 7) is 7.70. The second kappa shape index (κ2) is 5.02. The maximum Gasteiger partial charge on any atom is 0.330 e. The van der Waals surface area contributed by atoms with Gasteiger partial charge in [-0.15, -0.1) is 0 Å². The second-order valence-corrected chi connectivity index (χ2v) is 3.99. The molecule has 0 aromatic rings. The topological polar surface area (TPSA) is 37.3 Å². The van der Waals surface area contributed by atoms with Crippen molar-refractivity contribution in [1.82, 2.24) is 0 Å². The van der Waals surface area contributed by atoms with Gasteiger partial charge in [0.25, 0.3) is 0 Å². The van der Waals surface area contributed by atoms with E-state index in [1.807, 2.05) is 0 Å². The van der Waals surface area contributed by atoms with Gasteiger partial charge in [0.1, 0.15) is 0 Å². The van der Waals surface area contributed by atoms with Crippen molar-refractivity contribution in [3.8, 4) is 0 Å². The summed E-state index contributed by atoms with van der Waals surface area (Å²) in [5.74, 6) is -0.873. The molecule has 0 amide bonds. The number of rotatable bonds is 6. The average Bonchev–Trinajstić information content (AvgIpc) is 2.04. The number of aliphatic carboxylic acids is 1. The van der Waals surface area contributed by atoms with Crippen molar-refractivity contribution < 1.29 is 14.4 Å². The fraction of sp³-hybridized carbons (Fsp3) is 0.700. The lowest BCUT2D eigenvalue weighted by Crippen LogP contribution is -2.39. The van der Waals surface area contributed by atoms with E-state index in [9.17, 15) is 4.79 Å². The third-order valence-electron chi connectivity index (χ3n) is 2.40. The number of carboxylic acids is 1. The molecule has 0 saturated carbocycles. The molecule has 0 radical (unpaired) electrons. The molecular weight excluding hydrogens is 166 g/mol. The van der Waals surface area contributed by atoms with Crippen LogP contribution in [0.4, 0.5) is 0 Å². The van der Waals surface area contributed by atoms with Crippen molar-refractivity contribution in [3.05, 3.63) is 12.2 Å². The van der Waals surface area contributed by atoms with Gasteiger partial charge in [0.15, 0.2) is 0 Å². The lowest BCUT2D eigenvalue weighted by Gasteiger charge is -2.28. The number of carboxylic acid groups (broad SMARTS) is 1. The Kier molecular flexibility index (Phi) is 4.70. The quantitative estimate of drug-likeness (QED) is 0.504. The fourth-order valence-corrected chi connectivity index (χ4v) is 0.986. The van der Waals surface area contributed by atoms with Gasteiger partial charge >= 0.3 is 5.97 Å². The summed E-state index contributed by atoms with van der Waals surface area (Å²) in [7, 11) is 4.28. The molecule has 0 fully saturated rings. The van der Waals surface area contributed by atoms with Gasteiger partial charge in [0, 0.05) is 12.0 Å². The largest absolute Gasteiger partial charge is 0.478 e. The summed E-state index contributed by atoms with van der Waals surface area (Å²) < 4.78 is 0.937. The monoisotopic (exact) mass is 186 g/mol. The number of nitrogens with zero attached hydrogens (tertiary/aromatic N) is 1. The normalized spacial score (nSPS) is 11.3. The number of quaternary nitrogens is 1. The van der Waals surface area contributed by atoms with Crippen LogP contribution < -0.4 is 0 Å². The molecule has 13 heavy (non-hydrogen) atoms. The molecule has 0 rings (SSSR count). The molecule has 0 aliphatic rings. The van der Waals surface area contributed by atoms with Crippen molar-refractivity contribution in [2.24, 2.45) is 0 Å². The first-order valence-corrected chi connectivity index (χ1v) is 4.62. The highest BCUT2D eigenvalue weighted by Gasteiger charge is 2.12. The van der Waals surface area contributed by atoms with Crippen LogP contribution in [0.25, 0.3) is 0 Å². The zero-order valence-corrected chi connectivity index (χ0v) is 8.84. The van der Waals surface area contributed by atoms with Crippen molar-refractivity contribution in [1.29, 1.82) is 0 Å². The van der Waals surface area contributed by atoms with E-state index in [1.165, 1.54) is 0 Å². The highest BCUT2D eigenvalue weighted by Crippen LogP contribution is 2.06. The third kappa shape index (κ3) is 5.42. The van der Waals surface area contributed by atoms with Crippen LogP contribution in [0.3, 0.4) is 0 Å². The molecule has 0 bridgehead atoms. The summed E-state index contributed by atoms with van der Waals surface area (Å²) in [4.78, 5) is 10.4. The Labute approximate surface area is 80.3 Å².